The van der Waals surface area contributed by atoms with Gasteiger partial charge in [-0.25, -0.2) is 0 Å². The van der Waals surface area contributed by atoms with E-state index in [2.05, 4.69) is 25.0 Å². The van der Waals surface area contributed by atoms with Crippen molar-refractivity contribution in [2.75, 3.05) is 13.1 Å². The largest absolute Gasteiger partial charge is 0.300 e. The molecular weight excluding hydrogens is 170 g/mol. The van der Waals surface area contributed by atoms with Gasteiger partial charge < -0.3 is 4.90 Å². The Morgan fingerprint density at radius 1 is 1.50 bits per heavy atom. The van der Waals surface area contributed by atoms with Gasteiger partial charge in [0.1, 0.15) is 0 Å². The van der Waals surface area contributed by atoms with Crippen molar-refractivity contribution in [2.45, 2.75) is 32.2 Å². The fourth-order valence-electron chi connectivity index (χ4n) is 2.00. The lowest BCUT2D eigenvalue weighted by molar-refractivity contribution is 0.273. The highest BCUT2D eigenvalue weighted by Crippen LogP contribution is 2.17. The van der Waals surface area contributed by atoms with E-state index >= 15 is 0 Å². The zero-order chi connectivity index (χ0) is 10.4. The van der Waals surface area contributed by atoms with Gasteiger partial charge >= 0.3 is 0 Å². The van der Waals surface area contributed by atoms with Gasteiger partial charge in [-0.15, -0.1) is 0 Å². The molecule has 1 nitrogen and oxygen atoms in total. The summed E-state index contributed by atoms with van der Waals surface area (Å²) < 4.78 is 0. The summed E-state index contributed by atoms with van der Waals surface area (Å²) >= 11 is 0. The molecule has 1 heterocycles. The predicted molar refractivity (Wildman–Crippen MR) is 63.4 cm³/mol. The van der Waals surface area contributed by atoms with Gasteiger partial charge in [-0.05, 0) is 38.3 Å². The quantitative estimate of drug-likeness (QED) is 0.603. The van der Waals surface area contributed by atoms with Crippen molar-refractivity contribution in [3.05, 3.63) is 37.0 Å². The minimum atomic E-state index is 0.768. The van der Waals surface area contributed by atoms with Crippen LogP contribution in [-0.4, -0.2) is 24.0 Å². The Balaban J connectivity index is 2.34. The lowest BCUT2D eigenvalue weighted by Crippen LogP contribution is -2.27. The van der Waals surface area contributed by atoms with Crippen molar-refractivity contribution >= 4 is 0 Å². The molecule has 0 aromatic carbocycles. The lowest BCUT2D eigenvalue weighted by Gasteiger charge is -2.20. The van der Waals surface area contributed by atoms with E-state index in [9.17, 15) is 0 Å². The summed E-state index contributed by atoms with van der Waals surface area (Å²) in [6.07, 6.45) is 9.63. The van der Waals surface area contributed by atoms with Crippen LogP contribution in [0.15, 0.2) is 37.0 Å². The summed E-state index contributed by atoms with van der Waals surface area (Å²) in [5.74, 6) is 0. The monoisotopic (exact) mass is 191 g/mol. The molecule has 14 heavy (non-hydrogen) atoms. The smallest absolute Gasteiger partial charge is 0.00675 e. The molecule has 1 rings (SSSR count). The van der Waals surface area contributed by atoms with Crippen molar-refractivity contribution in [2.24, 2.45) is 0 Å². The second-order valence-electron chi connectivity index (χ2n) is 3.96. The van der Waals surface area contributed by atoms with Gasteiger partial charge in [0.25, 0.3) is 0 Å². The van der Waals surface area contributed by atoms with Gasteiger partial charge in [-0.2, -0.15) is 0 Å². The van der Waals surface area contributed by atoms with E-state index in [1.165, 1.54) is 25.0 Å². The molecule has 0 aliphatic carbocycles. The molecule has 1 aliphatic heterocycles. The average Bonchev–Trinajstić information content (AvgIpc) is 2.59. The number of likely N-dealkylation sites (tertiary alicyclic amines) is 1. The topological polar surface area (TPSA) is 3.24 Å². The molecule has 78 valence electrons. The van der Waals surface area contributed by atoms with E-state index in [-0.39, 0.29) is 0 Å². The Kier molecular flexibility index (Phi) is 4.68. The van der Waals surface area contributed by atoms with Crippen LogP contribution in [0, 0.1) is 0 Å². The van der Waals surface area contributed by atoms with Crippen LogP contribution in [0.1, 0.15) is 26.2 Å². The fourth-order valence-corrected chi connectivity index (χ4v) is 2.00. The zero-order valence-electron chi connectivity index (χ0n) is 9.21. The van der Waals surface area contributed by atoms with Crippen LogP contribution in [-0.2, 0) is 0 Å². The molecule has 0 bridgehead atoms. The van der Waals surface area contributed by atoms with Gasteiger partial charge in [0.2, 0.25) is 0 Å². The Bertz CT molecular complexity index is 227. The van der Waals surface area contributed by atoms with Crippen molar-refractivity contribution in [1.29, 1.82) is 0 Å². The van der Waals surface area contributed by atoms with Gasteiger partial charge in [0, 0.05) is 12.6 Å². The first kappa shape index (κ1) is 11.3. The molecule has 0 spiro atoms. The Morgan fingerprint density at radius 3 is 2.79 bits per heavy atom. The van der Waals surface area contributed by atoms with Crippen molar-refractivity contribution in [3.63, 3.8) is 0 Å². The molecule has 0 unspecified atom stereocenters. The van der Waals surface area contributed by atoms with E-state index in [4.69, 9.17) is 0 Å². The van der Waals surface area contributed by atoms with Crippen LogP contribution in [0.4, 0.5) is 0 Å². The molecule has 1 atom stereocenters. The summed E-state index contributed by atoms with van der Waals surface area (Å²) in [7, 11) is 0. The standard InChI is InChI=1S/C13H21N/c1-4-7-13(5-2)9-11-14-10-6-8-12(14)3/h4-5,7,12H,1-2,6,8-11H2,3H3/b13-7+/t12-/m1/s1. The third-order valence-electron chi connectivity index (χ3n) is 2.97. The molecule has 1 aliphatic rings. The summed E-state index contributed by atoms with van der Waals surface area (Å²) in [5.41, 5.74) is 1.29. The maximum atomic E-state index is 3.81. The highest BCUT2D eigenvalue weighted by atomic mass is 15.2. The average molecular weight is 191 g/mol. The van der Waals surface area contributed by atoms with Gasteiger partial charge in [-0.3, -0.25) is 0 Å². The molecule has 0 aromatic rings. The molecule has 1 heteroatoms. The molecule has 0 radical (unpaired) electrons. The van der Waals surface area contributed by atoms with E-state index in [0.717, 1.165) is 19.0 Å². The second kappa shape index (κ2) is 5.82. The molecule has 0 amide bonds. The number of rotatable bonds is 5. The first-order chi connectivity index (χ1) is 6.77. The molecule has 1 saturated heterocycles. The second-order valence-corrected chi connectivity index (χ2v) is 3.96. The van der Waals surface area contributed by atoms with Crippen molar-refractivity contribution in [3.8, 4) is 0 Å². The van der Waals surface area contributed by atoms with Crippen LogP contribution < -0.4 is 0 Å². The summed E-state index contributed by atoms with van der Waals surface area (Å²) in [5, 5.41) is 0. The van der Waals surface area contributed by atoms with Crippen LogP contribution >= 0.6 is 0 Å². The first-order valence-electron chi connectivity index (χ1n) is 5.46. The van der Waals surface area contributed by atoms with E-state index < -0.39 is 0 Å². The van der Waals surface area contributed by atoms with Crippen LogP contribution in [0.25, 0.3) is 0 Å². The van der Waals surface area contributed by atoms with Crippen molar-refractivity contribution < 1.29 is 0 Å². The molecule has 0 saturated carbocycles. The Hall–Kier alpha value is -0.820. The third-order valence-corrected chi connectivity index (χ3v) is 2.97. The number of allylic oxidation sites excluding steroid dienone is 3. The first-order valence-corrected chi connectivity index (χ1v) is 5.46. The van der Waals surface area contributed by atoms with E-state index in [1.54, 1.807) is 0 Å². The SMILES string of the molecule is C=C/C=C(\C=C)CCN1CCC[C@H]1C. The number of hydrogen-bond acceptors (Lipinski definition) is 1. The van der Waals surface area contributed by atoms with E-state index in [0.29, 0.717) is 0 Å². The van der Waals surface area contributed by atoms with Gasteiger partial charge in [0.05, 0.1) is 0 Å². The van der Waals surface area contributed by atoms with E-state index in [1.807, 2.05) is 18.2 Å². The number of hydrogen-bond donors (Lipinski definition) is 0. The number of nitrogens with zero attached hydrogens (tertiary/aromatic N) is 1. The fraction of sp³-hybridized carbons (Fsp3) is 0.538. The van der Waals surface area contributed by atoms with Gasteiger partial charge in [0.15, 0.2) is 0 Å². The van der Waals surface area contributed by atoms with Crippen molar-refractivity contribution in [1.82, 2.24) is 4.90 Å². The maximum absolute atomic E-state index is 3.81. The van der Waals surface area contributed by atoms with Gasteiger partial charge in [-0.1, -0.05) is 31.4 Å². The third kappa shape index (κ3) is 3.15. The van der Waals surface area contributed by atoms with Crippen LogP contribution in [0.5, 0.6) is 0 Å². The normalized spacial score (nSPS) is 23.8. The summed E-state index contributed by atoms with van der Waals surface area (Å²) in [4.78, 5) is 2.56. The molecule has 0 aromatic heterocycles. The summed E-state index contributed by atoms with van der Waals surface area (Å²) in [6.45, 7) is 12.3. The Morgan fingerprint density at radius 2 is 2.29 bits per heavy atom. The molecule has 0 N–H and O–H groups in total. The maximum Gasteiger partial charge on any atom is 0.00675 e. The van der Waals surface area contributed by atoms with Crippen LogP contribution in [0.3, 0.4) is 0 Å². The predicted octanol–water partition coefficient (Wildman–Crippen LogP) is 3.16. The highest BCUT2D eigenvalue weighted by Gasteiger charge is 2.19. The highest BCUT2D eigenvalue weighted by molar-refractivity contribution is 5.21. The zero-order valence-corrected chi connectivity index (χ0v) is 9.21. The lowest BCUT2D eigenvalue weighted by atomic mass is 10.1. The minimum Gasteiger partial charge on any atom is -0.300 e. The molecule has 1 fully saturated rings. The summed E-state index contributed by atoms with van der Waals surface area (Å²) in [6, 6.07) is 0.768. The minimum absolute atomic E-state index is 0.768. The Labute approximate surface area is 87.8 Å². The molecular formula is C13H21N. The van der Waals surface area contributed by atoms with Crippen LogP contribution in [0.2, 0.25) is 0 Å².